The molecule has 0 aliphatic heterocycles. The van der Waals surface area contributed by atoms with Gasteiger partial charge in [-0.1, -0.05) is 43.7 Å². The molecule has 0 aliphatic carbocycles. The van der Waals surface area contributed by atoms with Crippen LogP contribution < -0.4 is 11.1 Å². The average molecular weight is 365 g/mol. The summed E-state index contributed by atoms with van der Waals surface area (Å²) >= 11 is 0. The Balaban J connectivity index is 2.96. The van der Waals surface area contributed by atoms with Crippen LogP contribution in [0.3, 0.4) is 0 Å². The highest BCUT2D eigenvalue weighted by Crippen LogP contribution is 2.11. The third-order valence-corrected chi connectivity index (χ3v) is 3.87. The molecule has 0 fully saturated rings. The number of ether oxygens (including phenoxy) is 1. The number of rotatable bonds is 8. The SMILES string of the molecule is CON(C)C(=O)C(NC(=O)C(Cc1cccc(C)c1)OC(N)=O)C(C)C. The second-order valence-electron chi connectivity index (χ2n) is 6.37. The first-order valence-corrected chi connectivity index (χ1v) is 8.29. The van der Waals surface area contributed by atoms with Crippen LogP contribution in [0.25, 0.3) is 0 Å². The third-order valence-electron chi connectivity index (χ3n) is 3.87. The number of benzene rings is 1. The van der Waals surface area contributed by atoms with E-state index in [1.54, 1.807) is 13.8 Å². The van der Waals surface area contributed by atoms with Crippen molar-refractivity contribution in [3.05, 3.63) is 35.4 Å². The molecule has 0 aromatic heterocycles. The van der Waals surface area contributed by atoms with Gasteiger partial charge in [0.15, 0.2) is 6.10 Å². The maximum Gasteiger partial charge on any atom is 0.405 e. The Morgan fingerprint density at radius 3 is 2.42 bits per heavy atom. The summed E-state index contributed by atoms with van der Waals surface area (Å²) in [5.74, 6) is -1.21. The van der Waals surface area contributed by atoms with Gasteiger partial charge in [0, 0.05) is 13.5 Å². The monoisotopic (exact) mass is 365 g/mol. The van der Waals surface area contributed by atoms with Crippen molar-refractivity contribution in [2.45, 2.75) is 39.3 Å². The van der Waals surface area contributed by atoms with E-state index in [1.165, 1.54) is 14.2 Å². The smallest absolute Gasteiger partial charge is 0.405 e. The Kier molecular flexibility index (Phi) is 8.05. The van der Waals surface area contributed by atoms with Gasteiger partial charge >= 0.3 is 6.09 Å². The number of aryl methyl sites for hydroxylation is 1. The van der Waals surface area contributed by atoms with E-state index in [0.717, 1.165) is 16.2 Å². The number of hydroxylamine groups is 2. The zero-order valence-electron chi connectivity index (χ0n) is 15.8. The van der Waals surface area contributed by atoms with Crippen molar-refractivity contribution >= 4 is 17.9 Å². The minimum absolute atomic E-state index is 0.148. The summed E-state index contributed by atoms with van der Waals surface area (Å²) < 4.78 is 4.97. The second kappa shape index (κ2) is 9.76. The molecule has 3 amide bonds. The van der Waals surface area contributed by atoms with Crippen molar-refractivity contribution in [3.63, 3.8) is 0 Å². The van der Waals surface area contributed by atoms with E-state index >= 15 is 0 Å². The number of nitrogens with two attached hydrogens (primary N) is 1. The number of primary amides is 1. The number of nitrogens with zero attached hydrogens (tertiary/aromatic N) is 1. The fraction of sp³-hybridized carbons (Fsp3) is 0.500. The molecule has 1 rings (SSSR count). The molecule has 26 heavy (non-hydrogen) atoms. The molecule has 2 unspecified atom stereocenters. The molecule has 8 heteroatoms. The Labute approximate surface area is 153 Å². The Morgan fingerprint density at radius 2 is 1.92 bits per heavy atom. The molecule has 0 saturated carbocycles. The van der Waals surface area contributed by atoms with Crippen LogP contribution in [0.5, 0.6) is 0 Å². The van der Waals surface area contributed by atoms with Crippen molar-refractivity contribution in [2.75, 3.05) is 14.2 Å². The van der Waals surface area contributed by atoms with Crippen molar-refractivity contribution < 1.29 is 24.0 Å². The van der Waals surface area contributed by atoms with Crippen molar-refractivity contribution in [1.29, 1.82) is 0 Å². The summed E-state index contributed by atoms with van der Waals surface area (Å²) in [7, 11) is 2.81. The van der Waals surface area contributed by atoms with E-state index in [9.17, 15) is 14.4 Å². The van der Waals surface area contributed by atoms with Crippen LogP contribution in [0.4, 0.5) is 4.79 Å². The minimum atomic E-state index is -1.14. The molecule has 1 aromatic rings. The molecule has 0 bridgehead atoms. The first kappa shape index (κ1) is 21.4. The zero-order valence-corrected chi connectivity index (χ0v) is 15.8. The first-order valence-electron chi connectivity index (χ1n) is 8.29. The lowest BCUT2D eigenvalue weighted by Gasteiger charge is -2.27. The fourth-order valence-corrected chi connectivity index (χ4v) is 2.43. The maximum atomic E-state index is 12.6. The van der Waals surface area contributed by atoms with Gasteiger partial charge in [-0.25, -0.2) is 9.86 Å². The van der Waals surface area contributed by atoms with Crippen LogP contribution in [-0.4, -0.2) is 49.3 Å². The van der Waals surface area contributed by atoms with Gasteiger partial charge < -0.3 is 15.8 Å². The lowest BCUT2D eigenvalue weighted by molar-refractivity contribution is -0.173. The fourth-order valence-electron chi connectivity index (χ4n) is 2.43. The van der Waals surface area contributed by atoms with Crippen molar-refractivity contribution in [1.82, 2.24) is 10.4 Å². The summed E-state index contributed by atoms with van der Waals surface area (Å²) in [5, 5.41) is 3.67. The number of carbonyl (C=O) groups excluding carboxylic acids is 3. The van der Waals surface area contributed by atoms with E-state index in [4.69, 9.17) is 15.3 Å². The standard InChI is InChI=1S/C18H27N3O5/c1-11(2)15(17(23)21(4)25-5)20-16(22)14(26-18(19)24)10-13-8-6-7-12(3)9-13/h6-9,11,14-15H,10H2,1-5H3,(H2,19,24)(H,20,22). The van der Waals surface area contributed by atoms with E-state index in [2.05, 4.69) is 5.32 Å². The van der Waals surface area contributed by atoms with Crippen molar-refractivity contribution in [3.8, 4) is 0 Å². The second-order valence-corrected chi connectivity index (χ2v) is 6.37. The third kappa shape index (κ3) is 6.36. The summed E-state index contributed by atoms with van der Waals surface area (Å²) in [6.45, 7) is 5.50. The summed E-state index contributed by atoms with van der Waals surface area (Å²) in [5.41, 5.74) is 6.92. The van der Waals surface area contributed by atoms with Gasteiger partial charge in [-0.05, 0) is 18.4 Å². The molecule has 2 atom stereocenters. The maximum absolute atomic E-state index is 12.6. The molecule has 0 heterocycles. The molecular formula is C18H27N3O5. The van der Waals surface area contributed by atoms with Crippen molar-refractivity contribution in [2.24, 2.45) is 11.7 Å². The van der Waals surface area contributed by atoms with Gasteiger partial charge in [0.05, 0.1) is 7.11 Å². The van der Waals surface area contributed by atoms with Gasteiger partial charge in [-0.15, -0.1) is 0 Å². The van der Waals surface area contributed by atoms with Crippen LogP contribution in [-0.2, 0) is 25.6 Å². The predicted molar refractivity (Wildman–Crippen MR) is 95.9 cm³/mol. The highest BCUT2D eigenvalue weighted by Gasteiger charge is 2.31. The zero-order chi connectivity index (χ0) is 19.9. The topological polar surface area (TPSA) is 111 Å². The van der Waals surface area contributed by atoms with Crippen LogP contribution in [0.1, 0.15) is 25.0 Å². The van der Waals surface area contributed by atoms with E-state index in [-0.39, 0.29) is 12.3 Å². The highest BCUT2D eigenvalue weighted by molar-refractivity contribution is 5.90. The number of carbonyl (C=O) groups is 3. The largest absolute Gasteiger partial charge is 0.436 e. The van der Waals surface area contributed by atoms with E-state index in [0.29, 0.717) is 0 Å². The number of amides is 3. The molecule has 0 saturated heterocycles. The van der Waals surface area contributed by atoms with Crippen LogP contribution in [0.2, 0.25) is 0 Å². The average Bonchev–Trinajstić information content (AvgIpc) is 2.56. The molecule has 3 N–H and O–H groups in total. The van der Waals surface area contributed by atoms with Gasteiger partial charge in [0.25, 0.3) is 11.8 Å². The van der Waals surface area contributed by atoms with E-state index < -0.39 is 30.1 Å². The Morgan fingerprint density at radius 1 is 1.27 bits per heavy atom. The molecule has 0 aliphatic rings. The molecule has 0 radical (unpaired) electrons. The van der Waals surface area contributed by atoms with Gasteiger partial charge in [0.2, 0.25) is 0 Å². The van der Waals surface area contributed by atoms with Crippen LogP contribution in [0, 0.1) is 12.8 Å². The van der Waals surface area contributed by atoms with Gasteiger partial charge in [-0.2, -0.15) is 0 Å². The number of likely N-dealkylation sites (N-methyl/N-ethyl adjacent to an activating group) is 1. The number of hydrogen-bond donors (Lipinski definition) is 2. The number of hydrogen-bond acceptors (Lipinski definition) is 5. The molecule has 0 spiro atoms. The summed E-state index contributed by atoms with van der Waals surface area (Å²) in [6, 6.07) is 6.64. The number of nitrogens with one attached hydrogen (secondary N) is 1. The Bertz CT molecular complexity index is 647. The first-order chi connectivity index (χ1) is 12.1. The summed E-state index contributed by atoms with van der Waals surface area (Å²) in [6.07, 6.45) is -2.05. The normalized spacial score (nSPS) is 13.0. The lowest BCUT2D eigenvalue weighted by Crippen LogP contribution is -2.53. The quantitative estimate of drug-likeness (QED) is 0.672. The molecule has 144 valence electrons. The summed E-state index contributed by atoms with van der Waals surface area (Å²) in [4.78, 5) is 41.1. The predicted octanol–water partition coefficient (Wildman–Crippen LogP) is 1.16. The van der Waals surface area contributed by atoms with Crippen LogP contribution >= 0.6 is 0 Å². The van der Waals surface area contributed by atoms with Gasteiger partial charge in [0.1, 0.15) is 6.04 Å². The minimum Gasteiger partial charge on any atom is -0.436 e. The highest BCUT2D eigenvalue weighted by atomic mass is 16.7. The van der Waals surface area contributed by atoms with Gasteiger partial charge in [-0.3, -0.25) is 14.4 Å². The Hall–Kier alpha value is -2.61. The molecule has 1 aromatic carbocycles. The molecule has 8 nitrogen and oxygen atoms in total. The molecular weight excluding hydrogens is 338 g/mol. The van der Waals surface area contributed by atoms with Crippen LogP contribution in [0.15, 0.2) is 24.3 Å². The lowest BCUT2D eigenvalue weighted by atomic mass is 10.0. The van der Waals surface area contributed by atoms with E-state index in [1.807, 2.05) is 31.2 Å².